The number of nitrogens with zero attached hydrogens (tertiary/aromatic N) is 1. The Kier molecular flexibility index (Phi) is 6.78. The van der Waals surface area contributed by atoms with E-state index in [2.05, 4.69) is 31.3 Å². The number of amides is 1. The number of nitrogens with one attached hydrogen (secondary N) is 1. The fraction of sp³-hybridized carbons (Fsp3) is 0.424. The lowest BCUT2D eigenvalue weighted by Crippen LogP contribution is -2.48. The molecule has 0 radical (unpaired) electrons. The maximum atomic E-state index is 13.6. The molecule has 0 atom stereocenters. The third kappa shape index (κ3) is 5.11. The largest absolute Gasteiger partial charge is 0.325 e. The van der Waals surface area contributed by atoms with Crippen molar-refractivity contribution >= 4 is 27.3 Å². The van der Waals surface area contributed by atoms with Crippen molar-refractivity contribution < 1.29 is 13.2 Å². The molecule has 4 aliphatic carbocycles. The summed E-state index contributed by atoms with van der Waals surface area (Å²) >= 11 is 0. The van der Waals surface area contributed by atoms with Crippen molar-refractivity contribution in [1.29, 1.82) is 0 Å². The van der Waals surface area contributed by atoms with Crippen molar-refractivity contribution in [3.05, 3.63) is 90.0 Å². The summed E-state index contributed by atoms with van der Waals surface area (Å²) in [5.41, 5.74) is 3.98. The number of carbonyl (C=O) groups excluding carboxylic acids is 1. The van der Waals surface area contributed by atoms with Crippen molar-refractivity contribution in [2.75, 3.05) is 16.2 Å². The Morgan fingerprint density at radius 2 is 1.41 bits per heavy atom. The van der Waals surface area contributed by atoms with Gasteiger partial charge in [0.05, 0.1) is 10.6 Å². The molecule has 4 fully saturated rings. The van der Waals surface area contributed by atoms with Gasteiger partial charge in [-0.15, -0.1) is 0 Å². The van der Waals surface area contributed by atoms with E-state index < -0.39 is 10.0 Å². The van der Waals surface area contributed by atoms with Crippen LogP contribution in [-0.2, 0) is 20.2 Å². The highest BCUT2D eigenvalue weighted by molar-refractivity contribution is 7.92. The summed E-state index contributed by atoms with van der Waals surface area (Å²) in [4.78, 5) is 13.4. The summed E-state index contributed by atoms with van der Waals surface area (Å²) < 4.78 is 28.5. The van der Waals surface area contributed by atoms with E-state index in [-0.39, 0.29) is 17.3 Å². The standard InChI is InChI=1S/C33H38N2O3S/c1-23(2)27-8-14-30(15-9-27)35(39(37,38)31-6-4-3-5-7-31)22-32(36)34-29-12-10-28(11-13-29)33-19-24-16-25(20-33)18-26(17-24)21-33/h3-15,23-26H,16-22H2,1-2H3,(H,34,36). The van der Waals surface area contributed by atoms with Gasteiger partial charge in [0.25, 0.3) is 10.0 Å². The van der Waals surface area contributed by atoms with Crippen LogP contribution in [0.2, 0.25) is 0 Å². The third-order valence-electron chi connectivity index (χ3n) is 9.29. The van der Waals surface area contributed by atoms with Gasteiger partial charge in [-0.1, -0.05) is 56.3 Å². The Morgan fingerprint density at radius 3 is 1.95 bits per heavy atom. The number of hydrogen-bond acceptors (Lipinski definition) is 3. The van der Waals surface area contributed by atoms with Gasteiger partial charge in [-0.05, 0) is 115 Å². The maximum absolute atomic E-state index is 13.6. The summed E-state index contributed by atoms with van der Waals surface area (Å²) in [7, 11) is -3.93. The Balaban J connectivity index is 1.21. The first-order valence-electron chi connectivity index (χ1n) is 14.3. The minimum Gasteiger partial charge on any atom is -0.325 e. The highest BCUT2D eigenvalue weighted by atomic mass is 32.2. The number of hydrogen-bond donors (Lipinski definition) is 1. The molecule has 0 aromatic heterocycles. The maximum Gasteiger partial charge on any atom is 0.264 e. The molecule has 3 aromatic carbocycles. The summed E-state index contributed by atoms with van der Waals surface area (Å²) in [6.07, 6.45) is 8.13. The molecule has 5 nitrogen and oxygen atoms in total. The van der Waals surface area contributed by atoms with Crippen LogP contribution in [0.15, 0.2) is 83.8 Å². The molecular formula is C33H38N2O3S. The zero-order chi connectivity index (χ0) is 27.2. The Labute approximate surface area is 232 Å². The summed E-state index contributed by atoms with van der Waals surface area (Å²) in [6.45, 7) is 3.87. The second-order valence-corrected chi connectivity index (χ2v) is 14.3. The number of anilines is 2. The van der Waals surface area contributed by atoms with Gasteiger partial charge < -0.3 is 5.32 Å². The summed E-state index contributed by atoms with van der Waals surface area (Å²) in [5, 5.41) is 2.95. The number of sulfonamides is 1. The molecule has 204 valence electrons. The average Bonchev–Trinajstić information content (AvgIpc) is 2.92. The molecule has 0 aliphatic heterocycles. The molecule has 0 unspecified atom stereocenters. The molecule has 1 N–H and O–H groups in total. The smallest absolute Gasteiger partial charge is 0.264 e. The van der Waals surface area contributed by atoms with Crippen molar-refractivity contribution in [3.8, 4) is 0 Å². The van der Waals surface area contributed by atoms with Crippen LogP contribution >= 0.6 is 0 Å². The van der Waals surface area contributed by atoms with E-state index in [9.17, 15) is 13.2 Å². The van der Waals surface area contributed by atoms with Crippen LogP contribution in [-0.4, -0.2) is 20.9 Å². The predicted octanol–water partition coefficient (Wildman–Crippen LogP) is 7.11. The normalized spacial score (nSPS) is 25.6. The van der Waals surface area contributed by atoms with Crippen molar-refractivity contribution in [2.45, 2.75) is 68.6 Å². The monoisotopic (exact) mass is 542 g/mol. The van der Waals surface area contributed by atoms with Gasteiger partial charge >= 0.3 is 0 Å². The van der Waals surface area contributed by atoms with Crippen LogP contribution in [0.4, 0.5) is 11.4 Å². The lowest BCUT2D eigenvalue weighted by Gasteiger charge is -2.57. The van der Waals surface area contributed by atoms with E-state index in [4.69, 9.17) is 0 Å². The fourth-order valence-corrected chi connectivity index (χ4v) is 9.20. The van der Waals surface area contributed by atoms with Gasteiger partial charge in [0.2, 0.25) is 5.91 Å². The van der Waals surface area contributed by atoms with Crippen LogP contribution in [0.5, 0.6) is 0 Å². The van der Waals surface area contributed by atoms with Gasteiger partial charge in [0.15, 0.2) is 0 Å². The minimum atomic E-state index is -3.93. The topological polar surface area (TPSA) is 66.5 Å². The molecule has 3 aromatic rings. The van der Waals surface area contributed by atoms with Crippen molar-refractivity contribution in [3.63, 3.8) is 0 Å². The molecule has 39 heavy (non-hydrogen) atoms. The van der Waals surface area contributed by atoms with Crippen LogP contribution in [0.25, 0.3) is 0 Å². The van der Waals surface area contributed by atoms with E-state index >= 15 is 0 Å². The first-order valence-corrected chi connectivity index (χ1v) is 15.7. The molecule has 0 saturated heterocycles. The van der Waals surface area contributed by atoms with E-state index in [1.165, 1.54) is 48.4 Å². The minimum absolute atomic E-state index is 0.158. The van der Waals surface area contributed by atoms with Crippen LogP contribution in [0, 0.1) is 17.8 Å². The first-order chi connectivity index (χ1) is 18.7. The fourth-order valence-electron chi connectivity index (χ4n) is 7.76. The van der Waals surface area contributed by atoms with Gasteiger partial charge in [-0.3, -0.25) is 9.10 Å². The lowest BCUT2D eigenvalue weighted by molar-refractivity contribution is -0.114. The van der Waals surface area contributed by atoms with Gasteiger partial charge in [0.1, 0.15) is 6.54 Å². The van der Waals surface area contributed by atoms with Gasteiger partial charge in [-0.2, -0.15) is 0 Å². The van der Waals surface area contributed by atoms with Crippen LogP contribution < -0.4 is 9.62 Å². The van der Waals surface area contributed by atoms with Crippen LogP contribution in [0.1, 0.15) is 69.4 Å². The molecule has 4 bridgehead atoms. The van der Waals surface area contributed by atoms with Crippen LogP contribution in [0.3, 0.4) is 0 Å². The lowest BCUT2D eigenvalue weighted by atomic mass is 9.48. The number of carbonyl (C=O) groups is 1. The third-order valence-corrected chi connectivity index (χ3v) is 11.1. The highest BCUT2D eigenvalue weighted by Crippen LogP contribution is 2.60. The zero-order valence-electron chi connectivity index (χ0n) is 22.8. The molecular weight excluding hydrogens is 504 g/mol. The SMILES string of the molecule is CC(C)c1ccc(N(CC(=O)Nc2ccc(C34CC5CC(CC(C5)C3)C4)cc2)S(=O)(=O)c2ccccc2)cc1. The molecule has 6 heteroatoms. The second-order valence-electron chi connectivity index (χ2n) is 12.4. The van der Waals surface area contributed by atoms with E-state index in [1.807, 2.05) is 24.3 Å². The summed E-state index contributed by atoms with van der Waals surface area (Å²) in [5.74, 6) is 2.58. The molecule has 0 spiro atoms. The van der Waals surface area contributed by atoms with Crippen molar-refractivity contribution in [1.82, 2.24) is 0 Å². The predicted molar refractivity (Wildman–Crippen MR) is 156 cm³/mol. The van der Waals surface area contributed by atoms with E-state index in [1.54, 1.807) is 42.5 Å². The van der Waals surface area contributed by atoms with Gasteiger partial charge in [-0.25, -0.2) is 8.42 Å². The molecule has 7 rings (SSSR count). The quantitative estimate of drug-likeness (QED) is 0.330. The number of rotatable bonds is 8. The Morgan fingerprint density at radius 1 is 0.846 bits per heavy atom. The summed E-state index contributed by atoms with van der Waals surface area (Å²) in [6, 6.07) is 24.0. The Bertz CT molecular complexity index is 1400. The molecule has 4 saturated carbocycles. The van der Waals surface area contributed by atoms with Crippen molar-refractivity contribution in [2.24, 2.45) is 17.8 Å². The molecule has 1 amide bonds. The number of benzene rings is 3. The molecule has 4 aliphatic rings. The van der Waals surface area contributed by atoms with Gasteiger partial charge in [0, 0.05) is 5.69 Å². The van der Waals surface area contributed by atoms with E-state index in [0.29, 0.717) is 22.7 Å². The highest BCUT2D eigenvalue weighted by Gasteiger charge is 2.51. The first kappa shape index (κ1) is 26.1. The Hall–Kier alpha value is -3.12. The zero-order valence-corrected chi connectivity index (χ0v) is 23.7. The average molecular weight is 543 g/mol. The second kappa shape index (κ2) is 10.1. The van der Waals surface area contributed by atoms with E-state index in [0.717, 1.165) is 23.3 Å². The molecule has 0 heterocycles.